The number of hydrogen-bond donors (Lipinski definition) is 2. The second-order valence-corrected chi connectivity index (χ2v) is 5.66. The van der Waals surface area contributed by atoms with Crippen LogP contribution < -0.4 is 5.32 Å². The highest BCUT2D eigenvalue weighted by Gasteiger charge is 2.33. The van der Waals surface area contributed by atoms with E-state index in [0.717, 1.165) is 0 Å². The number of aliphatic hydroxyl groups excluding tert-OH is 1. The second kappa shape index (κ2) is 7.24. The van der Waals surface area contributed by atoms with Gasteiger partial charge in [0, 0.05) is 38.6 Å². The van der Waals surface area contributed by atoms with Crippen LogP contribution in [0.2, 0.25) is 0 Å². The van der Waals surface area contributed by atoms with Gasteiger partial charge in [-0.2, -0.15) is 0 Å². The SMILES string of the molecule is CC(C)C(=O)N1CCN(C(=O)C2CC(O)CN2)CC1.Cl. The molecule has 2 saturated heterocycles. The number of piperazine rings is 1. The first kappa shape index (κ1) is 17.2. The van der Waals surface area contributed by atoms with E-state index in [1.807, 2.05) is 18.7 Å². The van der Waals surface area contributed by atoms with Gasteiger partial charge in [-0.05, 0) is 6.42 Å². The van der Waals surface area contributed by atoms with Gasteiger partial charge in [0.2, 0.25) is 11.8 Å². The third-order valence-electron chi connectivity index (χ3n) is 3.80. The molecule has 2 rings (SSSR count). The Kier molecular flexibility index (Phi) is 6.23. The zero-order valence-corrected chi connectivity index (χ0v) is 12.9. The maximum Gasteiger partial charge on any atom is 0.239 e. The van der Waals surface area contributed by atoms with Crippen LogP contribution in [0.1, 0.15) is 20.3 Å². The molecule has 7 heteroatoms. The van der Waals surface area contributed by atoms with Crippen LogP contribution in [-0.2, 0) is 9.59 Å². The molecular formula is C13H24ClN3O3. The quantitative estimate of drug-likeness (QED) is 0.718. The summed E-state index contributed by atoms with van der Waals surface area (Å²) in [6.07, 6.45) is 0.0713. The first-order chi connectivity index (χ1) is 8.99. The zero-order valence-electron chi connectivity index (χ0n) is 12.0. The van der Waals surface area contributed by atoms with Crippen LogP contribution in [0.3, 0.4) is 0 Å². The minimum atomic E-state index is -0.419. The van der Waals surface area contributed by atoms with Crippen molar-refractivity contribution in [2.24, 2.45) is 5.92 Å². The normalized spacial score (nSPS) is 26.6. The van der Waals surface area contributed by atoms with Gasteiger partial charge >= 0.3 is 0 Å². The molecule has 2 fully saturated rings. The number of hydrogen-bond acceptors (Lipinski definition) is 4. The summed E-state index contributed by atoms with van der Waals surface area (Å²) in [6, 6.07) is -0.262. The van der Waals surface area contributed by atoms with Gasteiger partial charge < -0.3 is 20.2 Å². The molecule has 0 aromatic rings. The highest BCUT2D eigenvalue weighted by atomic mass is 35.5. The molecule has 2 aliphatic rings. The van der Waals surface area contributed by atoms with Gasteiger partial charge in [0.05, 0.1) is 12.1 Å². The highest BCUT2D eigenvalue weighted by Crippen LogP contribution is 2.13. The molecule has 0 radical (unpaired) electrons. The average Bonchev–Trinajstić information content (AvgIpc) is 2.84. The first-order valence-electron chi connectivity index (χ1n) is 6.98. The molecule has 0 aromatic carbocycles. The number of β-amino-alcohol motifs (C(OH)–C–C–N with tert-alkyl or cyclic N) is 1. The molecule has 0 spiro atoms. The van der Waals surface area contributed by atoms with Crippen molar-refractivity contribution < 1.29 is 14.7 Å². The summed E-state index contributed by atoms with van der Waals surface area (Å²) in [5.74, 6) is 0.212. The molecule has 0 bridgehead atoms. The molecule has 0 saturated carbocycles. The largest absolute Gasteiger partial charge is 0.392 e. The monoisotopic (exact) mass is 305 g/mol. The van der Waals surface area contributed by atoms with Crippen molar-refractivity contribution in [3.63, 3.8) is 0 Å². The van der Waals surface area contributed by atoms with Crippen LogP contribution in [0.5, 0.6) is 0 Å². The zero-order chi connectivity index (χ0) is 14.0. The number of rotatable bonds is 2. The van der Waals surface area contributed by atoms with Gasteiger partial charge in [-0.25, -0.2) is 0 Å². The van der Waals surface area contributed by atoms with Gasteiger partial charge in [-0.15, -0.1) is 12.4 Å². The van der Waals surface area contributed by atoms with E-state index in [1.165, 1.54) is 0 Å². The Balaban J connectivity index is 0.00000200. The fourth-order valence-corrected chi connectivity index (χ4v) is 2.64. The molecule has 20 heavy (non-hydrogen) atoms. The molecule has 116 valence electrons. The molecule has 6 nitrogen and oxygen atoms in total. The fourth-order valence-electron chi connectivity index (χ4n) is 2.64. The van der Waals surface area contributed by atoms with E-state index in [0.29, 0.717) is 39.1 Å². The fraction of sp³-hybridized carbons (Fsp3) is 0.846. The Bertz CT molecular complexity index is 357. The minimum Gasteiger partial charge on any atom is -0.392 e. The Morgan fingerprint density at radius 1 is 1.15 bits per heavy atom. The maximum atomic E-state index is 12.2. The lowest BCUT2D eigenvalue weighted by Gasteiger charge is -2.36. The molecule has 2 N–H and O–H groups in total. The summed E-state index contributed by atoms with van der Waals surface area (Å²) in [5, 5.41) is 12.5. The predicted molar refractivity (Wildman–Crippen MR) is 77.7 cm³/mol. The van der Waals surface area contributed by atoms with Crippen molar-refractivity contribution in [2.45, 2.75) is 32.4 Å². The van der Waals surface area contributed by atoms with Gasteiger partial charge in [0.1, 0.15) is 0 Å². The van der Waals surface area contributed by atoms with E-state index in [-0.39, 0.29) is 36.2 Å². The van der Waals surface area contributed by atoms with Crippen molar-refractivity contribution in [2.75, 3.05) is 32.7 Å². The van der Waals surface area contributed by atoms with E-state index in [1.54, 1.807) is 4.90 Å². The van der Waals surface area contributed by atoms with Crippen molar-refractivity contribution >= 4 is 24.2 Å². The Labute approximate surface area is 125 Å². The van der Waals surface area contributed by atoms with Crippen molar-refractivity contribution in [1.82, 2.24) is 15.1 Å². The van der Waals surface area contributed by atoms with Crippen LogP contribution in [0.4, 0.5) is 0 Å². The second-order valence-electron chi connectivity index (χ2n) is 5.66. The van der Waals surface area contributed by atoms with Crippen LogP contribution in [-0.4, -0.2) is 71.6 Å². The number of aliphatic hydroxyl groups is 1. The number of carbonyl (C=O) groups excluding carboxylic acids is 2. The lowest BCUT2D eigenvalue weighted by molar-refractivity contribution is -0.142. The number of amides is 2. The van der Waals surface area contributed by atoms with Crippen LogP contribution in [0.15, 0.2) is 0 Å². The molecule has 0 aromatic heterocycles. The first-order valence-corrected chi connectivity index (χ1v) is 6.98. The number of nitrogens with zero attached hydrogens (tertiary/aromatic N) is 2. The predicted octanol–water partition coefficient (Wildman–Crippen LogP) is -0.542. The third-order valence-corrected chi connectivity index (χ3v) is 3.80. The smallest absolute Gasteiger partial charge is 0.239 e. The highest BCUT2D eigenvalue weighted by molar-refractivity contribution is 5.85. The summed E-state index contributed by atoms with van der Waals surface area (Å²) >= 11 is 0. The number of carbonyl (C=O) groups is 2. The maximum absolute atomic E-state index is 12.2. The molecule has 2 atom stereocenters. The lowest BCUT2D eigenvalue weighted by Crippen LogP contribution is -2.54. The summed E-state index contributed by atoms with van der Waals surface area (Å²) in [5.41, 5.74) is 0. The van der Waals surface area contributed by atoms with Crippen LogP contribution in [0.25, 0.3) is 0 Å². The summed E-state index contributed by atoms with van der Waals surface area (Å²) in [6.45, 7) is 6.67. The van der Waals surface area contributed by atoms with Gasteiger partial charge in [0.25, 0.3) is 0 Å². The van der Waals surface area contributed by atoms with Crippen LogP contribution >= 0.6 is 12.4 Å². The lowest BCUT2D eigenvalue weighted by atomic mass is 10.1. The van der Waals surface area contributed by atoms with E-state index in [2.05, 4.69) is 5.32 Å². The molecule has 2 unspecified atom stereocenters. The Morgan fingerprint density at radius 2 is 1.70 bits per heavy atom. The van der Waals surface area contributed by atoms with Crippen molar-refractivity contribution in [1.29, 1.82) is 0 Å². The number of nitrogens with one attached hydrogen (secondary N) is 1. The van der Waals surface area contributed by atoms with E-state index < -0.39 is 6.10 Å². The Hall–Kier alpha value is -0.850. The number of halogens is 1. The summed E-state index contributed by atoms with van der Waals surface area (Å²) in [7, 11) is 0. The van der Waals surface area contributed by atoms with Gasteiger partial charge in [-0.3, -0.25) is 9.59 Å². The average molecular weight is 306 g/mol. The molecule has 2 heterocycles. The summed E-state index contributed by atoms with van der Waals surface area (Å²) in [4.78, 5) is 27.7. The molecule has 2 aliphatic heterocycles. The van der Waals surface area contributed by atoms with E-state index in [9.17, 15) is 14.7 Å². The van der Waals surface area contributed by atoms with Gasteiger partial charge in [-0.1, -0.05) is 13.8 Å². The van der Waals surface area contributed by atoms with Crippen molar-refractivity contribution in [3.8, 4) is 0 Å². The van der Waals surface area contributed by atoms with Gasteiger partial charge in [0.15, 0.2) is 0 Å². The minimum absolute atomic E-state index is 0. The third kappa shape index (κ3) is 3.84. The topological polar surface area (TPSA) is 72.9 Å². The van der Waals surface area contributed by atoms with Crippen molar-refractivity contribution in [3.05, 3.63) is 0 Å². The van der Waals surface area contributed by atoms with E-state index in [4.69, 9.17) is 0 Å². The Morgan fingerprint density at radius 3 is 2.15 bits per heavy atom. The van der Waals surface area contributed by atoms with E-state index >= 15 is 0 Å². The standard InChI is InChI=1S/C13H23N3O3.ClH/c1-9(2)12(18)15-3-5-16(6-4-15)13(19)11-7-10(17)8-14-11;/h9-11,14,17H,3-8H2,1-2H3;1H. The molecule has 2 amide bonds. The molecular weight excluding hydrogens is 282 g/mol. The molecule has 0 aliphatic carbocycles. The summed E-state index contributed by atoms with van der Waals surface area (Å²) < 4.78 is 0. The van der Waals surface area contributed by atoms with Crippen LogP contribution in [0, 0.1) is 5.92 Å².